The number of ether oxygens (including phenoxy) is 16. The summed E-state index contributed by atoms with van der Waals surface area (Å²) < 4.78 is 85.3. The van der Waals surface area contributed by atoms with Crippen LogP contribution in [0, 0.1) is 17.8 Å². The third kappa shape index (κ3) is 23.7. The van der Waals surface area contributed by atoms with Gasteiger partial charge in [-0.15, -0.1) is 0 Å². The van der Waals surface area contributed by atoms with Crippen LogP contribution in [0.4, 0.5) is 0 Å². The number of benzene rings is 3. The predicted octanol–water partition coefficient (Wildman–Crippen LogP) is -1.31. The Hall–Kier alpha value is -9.40. The highest BCUT2D eigenvalue weighted by Gasteiger charge is 2.51. The van der Waals surface area contributed by atoms with Gasteiger partial charge < -0.3 is 157 Å². The lowest BCUT2D eigenvalue weighted by molar-refractivity contribution is -0.327. The number of rotatable bonds is 28. The van der Waals surface area contributed by atoms with Crippen LogP contribution in [-0.2, 0) is 119 Å². The molecule has 3 aromatic rings. The van der Waals surface area contributed by atoms with Gasteiger partial charge in [0.15, 0.2) is 41.9 Å². The minimum Gasteiger partial charge on any atom is -0.508 e. The van der Waals surface area contributed by atoms with Crippen molar-refractivity contribution in [3.05, 3.63) is 148 Å². The van der Waals surface area contributed by atoms with E-state index in [1.165, 1.54) is 51.7 Å². The number of carbonyl (C=O) groups is 6. The standard InChI is InChI=1S/C26H34O13.C25H32O13.C25H32O12/c1-4-14-15(10-20(29)36-8-7-13-5-6-18(34-2)17(28)9-13)16(24(33)35-3)12-37-25(14)39-26-23(32)22(31)21(30)19(11-27)38-26;1-3-13-14(9-19(29)35-7-6-12-4-5-16(27)17(28)8-12)15(23(33)34-2)11-36-24(13)38-25-22(32)21(31)20(30)18(10-26)37-25;1-3-15-16(10-19(28)34-9-8-13-4-6-14(27)7-5-13)17(23(32)33-2)12-35-24(15)37-25-22(31)21(30)20(29)18(11-26)36-25/h4-6,9,12,15,19,21-23,25-28,30-32H,7-8,10-11H2,1-3H3;3-5,8,11,14,18,20-22,24-28,30-32H,6-7,9-10H2,1-2H3;3-7,12,16,18,20-22,24-27,29-31H,8-11H2,1-2H3/b14-4-;13-3-;15-3-. The Morgan fingerprint density at radius 3 is 0.982 bits per heavy atom. The van der Waals surface area contributed by atoms with Gasteiger partial charge in [0, 0.05) is 53.7 Å². The maximum Gasteiger partial charge on any atom is 0.337 e. The van der Waals surface area contributed by atoms with E-state index in [1.807, 2.05) is 0 Å². The Kier molecular flexibility index (Phi) is 35.3. The number of esters is 6. The second-order valence-electron chi connectivity index (χ2n) is 26.1. The molecule has 0 radical (unpaired) electrons. The fraction of sp³-hybridized carbons (Fsp3) is 0.526. The zero-order valence-corrected chi connectivity index (χ0v) is 63.0. The zero-order valence-electron chi connectivity index (χ0n) is 63.0. The molecule has 6 aliphatic rings. The highest BCUT2D eigenvalue weighted by molar-refractivity contribution is 5.92. The largest absolute Gasteiger partial charge is 0.508 e. The van der Waals surface area contributed by atoms with E-state index in [2.05, 4.69) is 0 Å². The number of hydrogen-bond donors (Lipinski definition) is 16. The lowest BCUT2D eigenvalue weighted by Crippen LogP contribution is -2.60. The average Bonchev–Trinajstić information content (AvgIpc) is 0.796. The lowest BCUT2D eigenvalue weighted by Gasteiger charge is -2.41. The van der Waals surface area contributed by atoms with Crippen molar-refractivity contribution >= 4 is 35.8 Å². The Balaban J connectivity index is 0.000000237. The number of aliphatic hydroxyl groups is 12. The number of carbonyl (C=O) groups excluding carboxylic acids is 6. The molecule has 0 aliphatic carbocycles. The van der Waals surface area contributed by atoms with Gasteiger partial charge in [0.2, 0.25) is 18.9 Å². The predicted molar refractivity (Wildman–Crippen MR) is 382 cm³/mol. The Bertz CT molecular complexity index is 3880. The second-order valence-corrected chi connectivity index (χ2v) is 26.1. The smallest absolute Gasteiger partial charge is 0.337 e. The number of allylic oxidation sites excluding steroid dienone is 3. The van der Waals surface area contributed by atoms with Gasteiger partial charge in [0.05, 0.1) is 123 Å². The molecule has 38 heteroatoms. The van der Waals surface area contributed by atoms with Crippen molar-refractivity contribution in [3.8, 4) is 28.7 Å². The Morgan fingerprint density at radius 2 is 0.693 bits per heavy atom. The van der Waals surface area contributed by atoms with Crippen molar-refractivity contribution in [1.29, 1.82) is 0 Å². The third-order valence-electron chi connectivity index (χ3n) is 19.0. The summed E-state index contributed by atoms with van der Waals surface area (Å²) in [6, 6.07) is 15.5. The zero-order chi connectivity index (χ0) is 83.8. The van der Waals surface area contributed by atoms with E-state index in [0.717, 1.165) is 31.5 Å². The first-order valence-electron chi connectivity index (χ1n) is 35.7. The van der Waals surface area contributed by atoms with E-state index in [1.54, 1.807) is 69.3 Å². The maximum atomic E-state index is 12.8. The number of aromatic hydroxyl groups is 4. The van der Waals surface area contributed by atoms with Gasteiger partial charge in [0.1, 0.15) is 79.0 Å². The highest BCUT2D eigenvalue weighted by Crippen LogP contribution is 2.41. The highest BCUT2D eigenvalue weighted by atomic mass is 16.8. The van der Waals surface area contributed by atoms with Gasteiger partial charge in [0.25, 0.3) is 0 Å². The van der Waals surface area contributed by atoms with E-state index in [0.29, 0.717) is 46.4 Å². The van der Waals surface area contributed by atoms with Crippen LogP contribution in [0.1, 0.15) is 56.7 Å². The second kappa shape index (κ2) is 43.9. The fourth-order valence-corrected chi connectivity index (χ4v) is 12.6. The van der Waals surface area contributed by atoms with Crippen molar-refractivity contribution in [2.45, 2.75) is 170 Å². The van der Waals surface area contributed by atoms with Gasteiger partial charge in [-0.1, -0.05) is 42.5 Å². The molecule has 3 aromatic carbocycles. The molecule has 3 fully saturated rings. The fourth-order valence-electron chi connectivity index (χ4n) is 12.6. The molecule has 3 saturated heterocycles. The van der Waals surface area contributed by atoms with Crippen molar-refractivity contribution in [2.75, 3.05) is 68.1 Å². The number of aliphatic hydroxyl groups excluding tert-OH is 12. The molecule has 114 heavy (non-hydrogen) atoms. The van der Waals surface area contributed by atoms with Crippen molar-refractivity contribution in [2.24, 2.45) is 17.8 Å². The molecule has 0 spiro atoms. The van der Waals surface area contributed by atoms with Gasteiger partial charge in [-0.05, 0) is 73.9 Å². The maximum absolute atomic E-state index is 12.8. The van der Waals surface area contributed by atoms with E-state index in [-0.39, 0.29) is 85.2 Å². The van der Waals surface area contributed by atoms with Crippen LogP contribution in [-0.4, -0.2) is 297 Å². The first-order chi connectivity index (χ1) is 54.4. The lowest BCUT2D eigenvalue weighted by atomic mass is 9.86. The number of hydrogen-bond acceptors (Lipinski definition) is 38. The summed E-state index contributed by atoms with van der Waals surface area (Å²) in [4.78, 5) is 75.4. The minimum absolute atomic E-state index is 0.00106. The van der Waals surface area contributed by atoms with Crippen LogP contribution >= 0.6 is 0 Å². The molecule has 16 N–H and O–H groups in total. The van der Waals surface area contributed by atoms with E-state index >= 15 is 0 Å². The molecule has 38 nitrogen and oxygen atoms in total. The van der Waals surface area contributed by atoms with Crippen LogP contribution in [0.15, 0.2) is 131 Å². The molecule has 9 rings (SSSR count). The first-order valence-corrected chi connectivity index (χ1v) is 35.7. The van der Waals surface area contributed by atoms with Crippen LogP contribution in [0.25, 0.3) is 0 Å². The van der Waals surface area contributed by atoms with Gasteiger partial charge in [-0.25, -0.2) is 14.4 Å². The number of phenolic OH excluding ortho intramolecular Hbond substituents is 4. The molecule has 0 bridgehead atoms. The summed E-state index contributed by atoms with van der Waals surface area (Å²) >= 11 is 0. The van der Waals surface area contributed by atoms with Crippen LogP contribution in [0.2, 0.25) is 0 Å². The summed E-state index contributed by atoms with van der Waals surface area (Å²) in [5.41, 5.74) is 3.20. The Labute approximate surface area is 652 Å². The van der Waals surface area contributed by atoms with Gasteiger partial charge >= 0.3 is 35.8 Å². The normalized spacial score (nSPS) is 30.3. The quantitative estimate of drug-likeness (QED) is 0.0174. The first kappa shape index (κ1) is 91.8. The molecule has 21 unspecified atom stereocenters. The molecule has 0 amide bonds. The monoisotopic (exact) mass is 1620 g/mol. The van der Waals surface area contributed by atoms with Crippen molar-refractivity contribution in [3.63, 3.8) is 0 Å². The molecular weight excluding hydrogens is 1520 g/mol. The van der Waals surface area contributed by atoms with E-state index < -0.39 is 184 Å². The summed E-state index contributed by atoms with van der Waals surface area (Å²) in [5, 5.41) is 158. The molecule has 630 valence electrons. The van der Waals surface area contributed by atoms with Crippen LogP contribution in [0.3, 0.4) is 0 Å². The van der Waals surface area contributed by atoms with Crippen molar-refractivity contribution in [1.82, 2.24) is 0 Å². The summed E-state index contributed by atoms with van der Waals surface area (Å²) in [7, 11) is 4.95. The van der Waals surface area contributed by atoms with Crippen molar-refractivity contribution < 1.29 is 186 Å². The molecule has 6 aliphatic heterocycles. The van der Waals surface area contributed by atoms with E-state index in [4.69, 9.17) is 75.8 Å². The molecule has 6 heterocycles. The molecule has 0 aromatic heterocycles. The average molecular weight is 1620 g/mol. The summed E-state index contributed by atoms with van der Waals surface area (Å²) in [5.74, 6) is -6.95. The van der Waals surface area contributed by atoms with Crippen LogP contribution in [0.5, 0.6) is 28.7 Å². The van der Waals surface area contributed by atoms with Gasteiger partial charge in [-0.2, -0.15) is 0 Å². The Morgan fingerprint density at radius 1 is 0.386 bits per heavy atom. The summed E-state index contributed by atoms with van der Waals surface area (Å²) in [6.07, 6.45) is -18.7. The van der Waals surface area contributed by atoms with E-state index in [9.17, 15) is 110 Å². The summed E-state index contributed by atoms with van der Waals surface area (Å²) in [6.45, 7) is 2.95. The SMILES string of the molecule is C/C=C1\C(OC2OC(CO)C(O)C(O)C2O)OC=C(C(=O)OC)C1CC(=O)OCCc1ccc(O)c(O)c1.C/C=C1\C(OC2OC(CO)C(O)C(O)C2O)OC=C(C(=O)OC)C1CC(=O)OCCc1ccc(O)cc1.C/C=C1\C(OC2OC(CO)C(O)C(O)C2O)OC=C(C(=O)OC)C1CC(=O)OCCc1ccc(OC)c(O)c1. The molecular formula is C76H98O38. The molecule has 21 atom stereocenters. The molecule has 0 saturated carbocycles. The minimum atomic E-state index is -1.69. The van der Waals surface area contributed by atoms with Gasteiger partial charge in [-0.3, -0.25) is 14.4 Å². The number of methoxy groups -OCH3 is 4. The third-order valence-corrected chi connectivity index (χ3v) is 19.0. The van der Waals surface area contributed by atoms with Crippen LogP contribution < -0.4 is 4.74 Å². The topological polar surface area (TPSA) is 574 Å². The number of phenols is 4.